The van der Waals surface area contributed by atoms with E-state index in [1.807, 2.05) is 13.8 Å². The van der Waals surface area contributed by atoms with Crippen molar-refractivity contribution in [2.45, 2.75) is 38.1 Å². The van der Waals surface area contributed by atoms with Crippen LogP contribution in [-0.4, -0.2) is 40.6 Å². The van der Waals surface area contributed by atoms with Gasteiger partial charge in [0.1, 0.15) is 13.2 Å². The zero-order valence-corrected chi connectivity index (χ0v) is 19.7. The molecule has 33 heavy (non-hydrogen) atoms. The smallest absolute Gasteiger partial charge is 0.337 e. The fourth-order valence-electron chi connectivity index (χ4n) is 3.49. The van der Waals surface area contributed by atoms with Crippen LogP contribution in [0.1, 0.15) is 42.6 Å². The van der Waals surface area contributed by atoms with Crippen LogP contribution in [0.2, 0.25) is 0 Å². The highest BCUT2D eigenvalue weighted by molar-refractivity contribution is 7.92. The Morgan fingerprint density at radius 1 is 1.03 bits per heavy atom. The van der Waals surface area contributed by atoms with E-state index in [0.717, 1.165) is 0 Å². The van der Waals surface area contributed by atoms with Gasteiger partial charge in [0.05, 0.1) is 23.3 Å². The summed E-state index contributed by atoms with van der Waals surface area (Å²) in [5, 5.41) is 2.84. The quantitative estimate of drug-likeness (QED) is 0.534. The number of hydrogen-bond donors (Lipinski definition) is 2. The molecule has 2 aromatic rings. The predicted molar refractivity (Wildman–Crippen MR) is 122 cm³/mol. The van der Waals surface area contributed by atoms with Crippen molar-refractivity contribution in [1.29, 1.82) is 0 Å². The van der Waals surface area contributed by atoms with Gasteiger partial charge in [-0.1, -0.05) is 13.8 Å². The van der Waals surface area contributed by atoms with Crippen molar-refractivity contribution in [2.75, 3.05) is 25.0 Å². The SMILES string of the molecule is CCC(CC)C(=O)NCc1cc(NS(=O)(=O)c2ccc3c(c2)OCCO3)cc(C(=O)OC)c1. The molecule has 2 aromatic carbocycles. The third-order valence-electron chi connectivity index (χ3n) is 5.31. The summed E-state index contributed by atoms with van der Waals surface area (Å²) in [6.07, 6.45) is 1.43. The second-order valence-electron chi connectivity index (χ2n) is 7.55. The van der Waals surface area contributed by atoms with E-state index in [-0.39, 0.29) is 34.5 Å². The predicted octanol–water partition coefficient (Wildman–Crippen LogP) is 3.10. The molecule has 0 fully saturated rings. The van der Waals surface area contributed by atoms with Crippen LogP contribution in [0.5, 0.6) is 11.5 Å². The lowest BCUT2D eigenvalue weighted by molar-refractivity contribution is -0.125. The minimum absolute atomic E-state index is 0.0150. The van der Waals surface area contributed by atoms with Crippen LogP contribution in [0.3, 0.4) is 0 Å². The fourth-order valence-corrected chi connectivity index (χ4v) is 4.54. The highest BCUT2D eigenvalue weighted by Crippen LogP contribution is 2.33. The molecule has 9 nitrogen and oxygen atoms in total. The zero-order chi connectivity index (χ0) is 24.0. The number of rotatable bonds is 9. The Morgan fingerprint density at radius 2 is 1.73 bits per heavy atom. The van der Waals surface area contributed by atoms with E-state index in [4.69, 9.17) is 14.2 Å². The van der Waals surface area contributed by atoms with Gasteiger partial charge in [-0.3, -0.25) is 9.52 Å². The van der Waals surface area contributed by atoms with E-state index in [1.54, 1.807) is 12.1 Å². The number of ether oxygens (including phenoxy) is 3. The van der Waals surface area contributed by atoms with Crippen molar-refractivity contribution in [2.24, 2.45) is 5.92 Å². The molecule has 10 heteroatoms. The second kappa shape index (κ2) is 10.6. The summed E-state index contributed by atoms with van der Waals surface area (Å²) in [5.41, 5.74) is 0.878. The van der Waals surface area contributed by atoms with E-state index in [1.165, 1.54) is 31.4 Å². The van der Waals surface area contributed by atoms with Crippen LogP contribution in [0, 0.1) is 5.92 Å². The van der Waals surface area contributed by atoms with Crippen molar-refractivity contribution >= 4 is 27.6 Å². The summed E-state index contributed by atoms with van der Waals surface area (Å²) in [4.78, 5) is 24.5. The number of carbonyl (C=O) groups is 2. The van der Waals surface area contributed by atoms with E-state index in [9.17, 15) is 18.0 Å². The van der Waals surface area contributed by atoms with Gasteiger partial charge in [0.25, 0.3) is 10.0 Å². The number of benzene rings is 2. The number of sulfonamides is 1. The molecule has 0 saturated carbocycles. The van der Waals surface area contributed by atoms with Crippen molar-refractivity contribution in [3.05, 3.63) is 47.5 Å². The molecule has 0 radical (unpaired) electrons. The molecule has 0 aliphatic carbocycles. The average molecular weight is 477 g/mol. The maximum absolute atomic E-state index is 13.0. The van der Waals surface area contributed by atoms with Gasteiger partial charge in [-0.05, 0) is 48.7 Å². The molecular formula is C23H28N2O7S. The number of fused-ring (bicyclic) bond motifs is 1. The first-order chi connectivity index (χ1) is 15.8. The summed E-state index contributed by atoms with van der Waals surface area (Å²) in [6, 6.07) is 8.84. The molecule has 2 N–H and O–H groups in total. The molecule has 178 valence electrons. The van der Waals surface area contributed by atoms with Crippen molar-refractivity contribution in [3.8, 4) is 11.5 Å². The van der Waals surface area contributed by atoms with Gasteiger partial charge in [-0.2, -0.15) is 0 Å². The van der Waals surface area contributed by atoms with Crippen molar-refractivity contribution in [1.82, 2.24) is 5.32 Å². The Labute approximate surface area is 193 Å². The lowest BCUT2D eigenvalue weighted by Gasteiger charge is -2.19. The van der Waals surface area contributed by atoms with Gasteiger partial charge in [-0.25, -0.2) is 13.2 Å². The van der Waals surface area contributed by atoms with E-state index >= 15 is 0 Å². The molecule has 1 amide bonds. The molecule has 1 aliphatic rings. The van der Waals surface area contributed by atoms with Crippen molar-refractivity contribution < 1.29 is 32.2 Å². The van der Waals surface area contributed by atoms with Gasteiger partial charge in [-0.15, -0.1) is 0 Å². The number of hydrogen-bond acceptors (Lipinski definition) is 7. The number of amides is 1. The Bertz CT molecular complexity index is 1130. The van der Waals surface area contributed by atoms with Gasteiger partial charge in [0, 0.05) is 18.5 Å². The Hall–Kier alpha value is -3.27. The average Bonchev–Trinajstić information content (AvgIpc) is 2.82. The summed E-state index contributed by atoms with van der Waals surface area (Å²) in [7, 11) is -2.75. The number of esters is 1. The van der Waals surface area contributed by atoms with E-state index in [2.05, 4.69) is 10.0 Å². The Morgan fingerprint density at radius 3 is 2.39 bits per heavy atom. The maximum Gasteiger partial charge on any atom is 0.337 e. The standard InChI is InChI=1S/C23H28N2O7S/c1-4-16(5-2)22(26)24-14-15-10-17(23(27)30-3)12-18(11-15)25-33(28,29)19-6-7-20-21(13-19)32-9-8-31-20/h6-7,10-13,16,25H,4-5,8-9,14H2,1-3H3,(H,24,26). The van der Waals surface area contributed by atoms with Crippen LogP contribution < -0.4 is 19.5 Å². The Balaban J connectivity index is 1.86. The van der Waals surface area contributed by atoms with E-state index < -0.39 is 16.0 Å². The zero-order valence-electron chi connectivity index (χ0n) is 18.8. The molecule has 1 heterocycles. The monoisotopic (exact) mass is 476 g/mol. The van der Waals surface area contributed by atoms with Crippen LogP contribution in [0.4, 0.5) is 5.69 Å². The van der Waals surface area contributed by atoms with Crippen LogP contribution in [-0.2, 0) is 26.1 Å². The third-order valence-corrected chi connectivity index (χ3v) is 6.69. The molecule has 0 atom stereocenters. The molecule has 0 spiro atoms. The van der Waals surface area contributed by atoms with Crippen LogP contribution >= 0.6 is 0 Å². The highest BCUT2D eigenvalue weighted by Gasteiger charge is 2.21. The molecule has 0 saturated heterocycles. The molecule has 1 aliphatic heterocycles. The summed E-state index contributed by atoms with van der Waals surface area (Å²) in [5.74, 6) is -0.00702. The lowest BCUT2D eigenvalue weighted by Crippen LogP contribution is -2.29. The minimum atomic E-state index is -3.99. The summed E-state index contributed by atoms with van der Waals surface area (Å²) in [6.45, 7) is 4.75. The van der Waals surface area contributed by atoms with Crippen molar-refractivity contribution in [3.63, 3.8) is 0 Å². The first-order valence-corrected chi connectivity index (χ1v) is 12.2. The van der Waals surface area contributed by atoms with Crippen LogP contribution in [0.15, 0.2) is 41.3 Å². The topological polar surface area (TPSA) is 120 Å². The normalized spacial score (nSPS) is 12.8. The third kappa shape index (κ3) is 5.95. The highest BCUT2D eigenvalue weighted by atomic mass is 32.2. The van der Waals surface area contributed by atoms with Gasteiger partial charge < -0.3 is 19.5 Å². The molecular weight excluding hydrogens is 448 g/mol. The second-order valence-corrected chi connectivity index (χ2v) is 9.23. The number of methoxy groups -OCH3 is 1. The fraction of sp³-hybridized carbons (Fsp3) is 0.391. The number of nitrogens with one attached hydrogen (secondary N) is 2. The van der Waals surface area contributed by atoms with Gasteiger partial charge in [0.15, 0.2) is 11.5 Å². The largest absolute Gasteiger partial charge is 0.486 e. The summed E-state index contributed by atoms with van der Waals surface area (Å²) >= 11 is 0. The lowest BCUT2D eigenvalue weighted by atomic mass is 10.0. The van der Waals surface area contributed by atoms with E-state index in [0.29, 0.717) is 43.1 Å². The minimum Gasteiger partial charge on any atom is -0.486 e. The first-order valence-electron chi connectivity index (χ1n) is 10.7. The number of carbonyl (C=O) groups excluding carboxylic acids is 2. The molecule has 3 rings (SSSR count). The molecule has 0 bridgehead atoms. The van der Waals surface area contributed by atoms with Crippen LogP contribution in [0.25, 0.3) is 0 Å². The number of anilines is 1. The Kier molecular flexibility index (Phi) is 7.80. The maximum atomic E-state index is 13.0. The van der Waals surface area contributed by atoms with Gasteiger partial charge in [0.2, 0.25) is 5.91 Å². The van der Waals surface area contributed by atoms with Gasteiger partial charge >= 0.3 is 5.97 Å². The summed E-state index contributed by atoms with van der Waals surface area (Å²) < 4.78 is 44.2. The molecule has 0 unspecified atom stereocenters. The first kappa shape index (κ1) is 24.4. The molecule has 0 aromatic heterocycles.